The van der Waals surface area contributed by atoms with Gasteiger partial charge in [-0.15, -0.1) is 11.3 Å². The van der Waals surface area contributed by atoms with Gasteiger partial charge in [0.1, 0.15) is 5.75 Å². The van der Waals surface area contributed by atoms with E-state index < -0.39 is 10.0 Å². The molecular formula is C24H19N3O4S2. The summed E-state index contributed by atoms with van der Waals surface area (Å²) >= 11 is 1.45. The fraction of sp³-hybridized carbons (Fsp3) is 0.0833. The zero-order valence-corrected chi connectivity index (χ0v) is 19.2. The number of carbonyl (C=O) groups excluding carboxylic acids is 1. The fourth-order valence-electron chi connectivity index (χ4n) is 3.68. The van der Waals surface area contributed by atoms with Crippen LogP contribution in [0.2, 0.25) is 0 Å². The van der Waals surface area contributed by atoms with Gasteiger partial charge in [-0.3, -0.25) is 14.8 Å². The molecule has 3 aromatic carbocycles. The Hall–Kier alpha value is -3.69. The van der Waals surface area contributed by atoms with E-state index in [1.54, 1.807) is 30.3 Å². The van der Waals surface area contributed by atoms with E-state index in [4.69, 9.17) is 4.74 Å². The number of anilines is 2. The fourth-order valence-corrected chi connectivity index (χ4v) is 5.72. The molecule has 0 radical (unpaired) electrons. The molecular weight excluding hydrogens is 458 g/mol. The number of rotatable bonds is 6. The molecule has 1 aliphatic carbocycles. The number of nitrogens with zero attached hydrogens (tertiary/aromatic N) is 1. The van der Waals surface area contributed by atoms with Gasteiger partial charge in [0.25, 0.3) is 15.9 Å². The van der Waals surface area contributed by atoms with Gasteiger partial charge in [-0.05, 0) is 48.0 Å². The van der Waals surface area contributed by atoms with Crippen molar-refractivity contribution in [2.75, 3.05) is 17.1 Å². The third-order valence-electron chi connectivity index (χ3n) is 5.29. The Bertz CT molecular complexity index is 1460. The summed E-state index contributed by atoms with van der Waals surface area (Å²) in [5.41, 5.74) is 3.85. The highest BCUT2D eigenvalue weighted by atomic mass is 32.2. The second-order valence-electron chi connectivity index (χ2n) is 7.44. The molecule has 5 rings (SSSR count). The number of methoxy groups -OCH3 is 1. The smallest absolute Gasteiger partial charge is 0.261 e. The van der Waals surface area contributed by atoms with Crippen molar-refractivity contribution >= 4 is 38.1 Å². The van der Waals surface area contributed by atoms with Crippen molar-refractivity contribution < 1.29 is 17.9 Å². The van der Waals surface area contributed by atoms with Crippen LogP contribution >= 0.6 is 11.3 Å². The van der Waals surface area contributed by atoms with Crippen LogP contribution in [-0.4, -0.2) is 26.4 Å². The van der Waals surface area contributed by atoms with Crippen molar-refractivity contribution in [1.82, 2.24) is 4.98 Å². The lowest BCUT2D eigenvalue weighted by atomic mass is 10.1. The van der Waals surface area contributed by atoms with Gasteiger partial charge < -0.3 is 4.74 Å². The molecule has 0 fully saturated rings. The van der Waals surface area contributed by atoms with Gasteiger partial charge in [0, 0.05) is 28.1 Å². The molecule has 0 unspecified atom stereocenters. The molecule has 7 nitrogen and oxygen atoms in total. The first-order chi connectivity index (χ1) is 15.9. The molecule has 1 amide bonds. The molecule has 1 heterocycles. The Morgan fingerprint density at radius 1 is 1.03 bits per heavy atom. The Morgan fingerprint density at radius 3 is 2.61 bits per heavy atom. The van der Waals surface area contributed by atoms with Crippen LogP contribution in [0.4, 0.5) is 10.8 Å². The highest BCUT2D eigenvalue weighted by Crippen LogP contribution is 2.40. The van der Waals surface area contributed by atoms with Gasteiger partial charge in [0.2, 0.25) is 0 Å². The Labute approximate surface area is 195 Å². The number of amides is 1. The number of hydrogen-bond donors (Lipinski definition) is 2. The minimum atomic E-state index is -3.81. The highest BCUT2D eigenvalue weighted by Gasteiger charge is 2.23. The molecule has 4 aromatic rings. The highest BCUT2D eigenvalue weighted by molar-refractivity contribution is 7.92. The number of fused-ring (bicyclic) bond motifs is 3. The van der Waals surface area contributed by atoms with Crippen LogP contribution in [-0.2, 0) is 16.4 Å². The molecule has 33 heavy (non-hydrogen) atoms. The quantitative estimate of drug-likeness (QED) is 0.367. The number of ether oxygens (including phenoxy) is 1. The predicted octanol–water partition coefficient (Wildman–Crippen LogP) is 4.78. The third-order valence-corrected chi connectivity index (χ3v) is 7.66. The zero-order chi connectivity index (χ0) is 23.0. The van der Waals surface area contributed by atoms with Crippen LogP contribution in [0.1, 0.15) is 20.8 Å². The summed E-state index contributed by atoms with van der Waals surface area (Å²) < 4.78 is 33.0. The molecule has 1 aromatic heterocycles. The number of thiazole rings is 1. The second kappa shape index (κ2) is 8.34. The van der Waals surface area contributed by atoms with E-state index in [1.165, 1.54) is 42.2 Å². The molecule has 2 N–H and O–H groups in total. The number of hydrogen-bond acceptors (Lipinski definition) is 6. The van der Waals surface area contributed by atoms with Crippen molar-refractivity contribution in [3.63, 3.8) is 0 Å². The first kappa shape index (κ1) is 21.2. The maximum absolute atomic E-state index is 12.8. The van der Waals surface area contributed by atoms with Gasteiger partial charge in [0.15, 0.2) is 5.13 Å². The standard InChI is InChI=1S/C24H19N3O4S2/c1-31-18-9-11-19(12-10-18)33(29,30)27-17-7-4-6-16(13-17)23(28)26-24-25-22-20-8-3-2-5-15(20)14-21(22)32-24/h2-13,27H,14H2,1H3,(H,25,26,28). The third kappa shape index (κ3) is 4.20. The van der Waals surface area contributed by atoms with E-state index in [0.717, 1.165) is 22.6 Å². The lowest BCUT2D eigenvalue weighted by molar-refractivity contribution is 0.102. The van der Waals surface area contributed by atoms with Crippen LogP contribution < -0.4 is 14.8 Å². The maximum atomic E-state index is 12.8. The van der Waals surface area contributed by atoms with Gasteiger partial charge in [-0.1, -0.05) is 30.3 Å². The normalized spacial score (nSPS) is 12.0. The SMILES string of the molecule is COc1ccc(S(=O)(=O)Nc2cccc(C(=O)Nc3nc4c(s3)Cc3ccccc3-4)c2)cc1. The van der Waals surface area contributed by atoms with Gasteiger partial charge >= 0.3 is 0 Å². The van der Waals surface area contributed by atoms with Crippen LogP contribution in [0.5, 0.6) is 5.75 Å². The predicted molar refractivity (Wildman–Crippen MR) is 129 cm³/mol. The summed E-state index contributed by atoms with van der Waals surface area (Å²) in [4.78, 5) is 18.6. The monoisotopic (exact) mass is 477 g/mol. The van der Waals surface area contributed by atoms with Crippen molar-refractivity contribution in [3.05, 3.63) is 88.8 Å². The largest absolute Gasteiger partial charge is 0.497 e. The topological polar surface area (TPSA) is 97.4 Å². The number of nitrogens with one attached hydrogen (secondary N) is 2. The first-order valence-electron chi connectivity index (χ1n) is 10.1. The summed E-state index contributed by atoms with van der Waals surface area (Å²) in [5, 5.41) is 3.35. The number of aromatic nitrogens is 1. The number of benzene rings is 3. The van der Waals surface area contributed by atoms with Crippen LogP contribution in [0.15, 0.2) is 77.7 Å². The molecule has 1 aliphatic rings. The van der Waals surface area contributed by atoms with Gasteiger partial charge in [0.05, 0.1) is 17.7 Å². The Balaban J connectivity index is 1.32. The van der Waals surface area contributed by atoms with Crippen LogP contribution in [0.25, 0.3) is 11.3 Å². The summed E-state index contributed by atoms with van der Waals surface area (Å²) in [5.74, 6) is 0.200. The van der Waals surface area contributed by atoms with Crippen molar-refractivity contribution in [2.24, 2.45) is 0 Å². The van der Waals surface area contributed by atoms with E-state index >= 15 is 0 Å². The number of sulfonamides is 1. The summed E-state index contributed by atoms with van der Waals surface area (Å²) in [6.45, 7) is 0. The molecule has 0 spiro atoms. The van der Waals surface area contributed by atoms with Crippen LogP contribution in [0.3, 0.4) is 0 Å². The van der Waals surface area contributed by atoms with E-state index in [-0.39, 0.29) is 16.5 Å². The van der Waals surface area contributed by atoms with E-state index in [0.29, 0.717) is 16.4 Å². The summed E-state index contributed by atoms with van der Waals surface area (Å²) in [7, 11) is -2.30. The van der Waals surface area contributed by atoms with E-state index in [1.807, 2.05) is 18.2 Å². The molecule has 166 valence electrons. The van der Waals surface area contributed by atoms with E-state index in [9.17, 15) is 13.2 Å². The van der Waals surface area contributed by atoms with Gasteiger partial charge in [-0.2, -0.15) is 0 Å². The minimum Gasteiger partial charge on any atom is -0.497 e. The number of carbonyl (C=O) groups is 1. The molecule has 0 saturated carbocycles. The maximum Gasteiger partial charge on any atom is 0.261 e. The first-order valence-corrected chi connectivity index (χ1v) is 12.4. The average molecular weight is 478 g/mol. The van der Waals surface area contributed by atoms with Crippen molar-refractivity contribution in [1.29, 1.82) is 0 Å². The van der Waals surface area contributed by atoms with Crippen molar-refractivity contribution in [3.8, 4) is 17.0 Å². The lowest BCUT2D eigenvalue weighted by Crippen LogP contribution is -2.15. The van der Waals surface area contributed by atoms with Crippen molar-refractivity contribution in [2.45, 2.75) is 11.3 Å². The molecule has 0 atom stereocenters. The molecule has 9 heteroatoms. The van der Waals surface area contributed by atoms with E-state index in [2.05, 4.69) is 21.1 Å². The molecule has 0 saturated heterocycles. The second-order valence-corrected chi connectivity index (χ2v) is 10.2. The minimum absolute atomic E-state index is 0.0933. The summed E-state index contributed by atoms with van der Waals surface area (Å²) in [6.07, 6.45) is 0.807. The lowest BCUT2D eigenvalue weighted by Gasteiger charge is -2.10. The zero-order valence-electron chi connectivity index (χ0n) is 17.5. The average Bonchev–Trinajstić information content (AvgIpc) is 3.36. The molecule has 0 bridgehead atoms. The molecule has 0 aliphatic heterocycles. The van der Waals surface area contributed by atoms with Crippen LogP contribution in [0, 0.1) is 0 Å². The Morgan fingerprint density at radius 2 is 1.82 bits per heavy atom. The Kier molecular flexibility index (Phi) is 5.35. The van der Waals surface area contributed by atoms with Gasteiger partial charge in [-0.25, -0.2) is 13.4 Å². The summed E-state index contributed by atoms with van der Waals surface area (Å²) in [6, 6.07) is 20.5.